The van der Waals surface area contributed by atoms with Crippen LogP contribution in [0.4, 0.5) is 0 Å². The van der Waals surface area contributed by atoms with E-state index in [0.717, 1.165) is 16.3 Å². The molecule has 0 aliphatic carbocycles. The summed E-state index contributed by atoms with van der Waals surface area (Å²) in [7, 11) is 1.65. The maximum Gasteiger partial charge on any atom is 0.145 e. The summed E-state index contributed by atoms with van der Waals surface area (Å²) in [5, 5.41) is 2.83. The number of aromatic nitrogens is 2. The summed E-state index contributed by atoms with van der Waals surface area (Å²) >= 11 is 1.55. The summed E-state index contributed by atoms with van der Waals surface area (Å²) in [6, 6.07) is 3.84. The number of thiazole rings is 1. The van der Waals surface area contributed by atoms with Gasteiger partial charge in [0.2, 0.25) is 0 Å². The number of aliphatic imine (C=N–C) groups is 1. The van der Waals surface area contributed by atoms with E-state index >= 15 is 0 Å². The van der Waals surface area contributed by atoms with E-state index < -0.39 is 0 Å². The third-order valence-corrected chi connectivity index (χ3v) is 2.83. The summed E-state index contributed by atoms with van der Waals surface area (Å²) < 4.78 is 0. The first kappa shape index (κ1) is 9.79. The number of rotatable bonds is 2. The Hall–Kier alpha value is -1.75. The fourth-order valence-corrected chi connectivity index (χ4v) is 1.95. The van der Waals surface area contributed by atoms with Crippen LogP contribution in [-0.2, 0) is 0 Å². The quantitative estimate of drug-likeness (QED) is 0.614. The van der Waals surface area contributed by atoms with Gasteiger partial charge in [-0.3, -0.25) is 9.98 Å². The van der Waals surface area contributed by atoms with Crippen molar-refractivity contribution in [2.75, 3.05) is 7.05 Å². The molecule has 0 atom stereocenters. The normalized spacial score (nSPS) is 11.7. The Labute approximate surface area is 91.5 Å². The zero-order chi connectivity index (χ0) is 10.7. The highest BCUT2D eigenvalue weighted by atomic mass is 32.1. The molecule has 0 bridgehead atoms. The van der Waals surface area contributed by atoms with Crippen LogP contribution in [0.25, 0.3) is 10.6 Å². The lowest BCUT2D eigenvalue weighted by Gasteiger charge is -1.94. The Balaban J connectivity index is 2.36. The molecule has 2 N–H and O–H groups in total. The van der Waals surface area contributed by atoms with Crippen LogP contribution in [0.2, 0.25) is 0 Å². The number of nitrogens with two attached hydrogens (primary N) is 1. The van der Waals surface area contributed by atoms with Crippen molar-refractivity contribution in [3.05, 3.63) is 35.6 Å². The summed E-state index contributed by atoms with van der Waals surface area (Å²) in [5.74, 6) is 0.464. The van der Waals surface area contributed by atoms with Gasteiger partial charge in [0.25, 0.3) is 0 Å². The molecule has 0 radical (unpaired) electrons. The highest BCUT2D eigenvalue weighted by Gasteiger charge is 2.06. The second kappa shape index (κ2) is 4.18. The van der Waals surface area contributed by atoms with E-state index in [4.69, 9.17) is 5.73 Å². The van der Waals surface area contributed by atoms with Gasteiger partial charge in [0.1, 0.15) is 16.5 Å². The molecular formula is C10H10N4S. The lowest BCUT2D eigenvalue weighted by molar-refractivity contribution is 1.29. The van der Waals surface area contributed by atoms with Crippen LogP contribution in [0, 0.1) is 0 Å². The van der Waals surface area contributed by atoms with Crippen molar-refractivity contribution in [3.63, 3.8) is 0 Å². The molecule has 0 fully saturated rings. The smallest absolute Gasteiger partial charge is 0.145 e. The maximum atomic E-state index is 5.67. The first-order chi connectivity index (χ1) is 7.31. The standard InChI is InChI=1S/C10H10N4S/c1-12-9(11)8-6-15-10(14-8)7-2-4-13-5-3-7/h2-6H,1H3,(H2,11,12). The largest absolute Gasteiger partial charge is 0.382 e. The predicted octanol–water partition coefficient (Wildman–Crippen LogP) is 1.54. The van der Waals surface area contributed by atoms with Crippen molar-refractivity contribution in [2.45, 2.75) is 0 Å². The molecule has 2 heterocycles. The van der Waals surface area contributed by atoms with Crippen LogP contribution in [-0.4, -0.2) is 22.9 Å². The SMILES string of the molecule is CN=C(N)c1csc(-c2ccncc2)n1. The molecule has 4 nitrogen and oxygen atoms in total. The van der Waals surface area contributed by atoms with Crippen molar-refractivity contribution in [2.24, 2.45) is 10.7 Å². The van der Waals surface area contributed by atoms with E-state index in [1.54, 1.807) is 30.8 Å². The van der Waals surface area contributed by atoms with Crippen molar-refractivity contribution >= 4 is 17.2 Å². The van der Waals surface area contributed by atoms with E-state index in [1.165, 1.54) is 0 Å². The number of amidine groups is 1. The topological polar surface area (TPSA) is 64.2 Å². The summed E-state index contributed by atoms with van der Waals surface area (Å²) in [5.41, 5.74) is 7.44. The fraction of sp³-hybridized carbons (Fsp3) is 0.100. The molecule has 0 saturated carbocycles. The maximum absolute atomic E-state index is 5.67. The third kappa shape index (κ3) is 2.02. The molecule has 15 heavy (non-hydrogen) atoms. The molecule has 0 saturated heterocycles. The van der Waals surface area contributed by atoms with Crippen molar-refractivity contribution in [3.8, 4) is 10.6 Å². The number of nitrogens with zero attached hydrogens (tertiary/aromatic N) is 3. The van der Waals surface area contributed by atoms with Crippen LogP contribution in [0.1, 0.15) is 5.69 Å². The zero-order valence-corrected chi connectivity index (χ0v) is 9.03. The average Bonchev–Trinajstić information content (AvgIpc) is 2.78. The van der Waals surface area contributed by atoms with E-state index in [1.807, 2.05) is 17.5 Å². The van der Waals surface area contributed by atoms with E-state index in [0.29, 0.717) is 5.84 Å². The van der Waals surface area contributed by atoms with Gasteiger partial charge < -0.3 is 5.73 Å². The molecule has 0 aliphatic rings. The van der Waals surface area contributed by atoms with Gasteiger partial charge in [-0.2, -0.15) is 0 Å². The van der Waals surface area contributed by atoms with Gasteiger partial charge in [-0.25, -0.2) is 4.98 Å². The Morgan fingerprint density at radius 2 is 2.13 bits per heavy atom. The van der Waals surface area contributed by atoms with Crippen molar-refractivity contribution in [1.82, 2.24) is 9.97 Å². The van der Waals surface area contributed by atoms with E-state index in [2.05, 4.69) is 15.0 Å². The summed E-state index contributed by atoms with van der Waals surface area (Å²) in [6.45, 7) is 0. The Kier molecular flexibility index (Phi) is 2.73. The molecule has 2 rings (SSSR count). The lowest BCUT2D eigenvalue weighted by Crippen LogP contribution is -2.13. The van der Waals surface area contributed by atoms with Gasteiger partial charge in [0.05, 0.1) is 0 Å². The van der Waals surface area contributed by atoms with Gasteiger partial charge in [0, 0.05) is 30.4 Å². The van der Waals surface area contributed by atoms with Gasteiger partial charge in [-0.15, -0.1) is 11.3 Å². The molecule has 0 amide bonds. The van der Waals surface area contributed by atoms with Crippen molar-refractivity contribution < 1.29 is 0 Å². The van der Waals surface area contributed by atoms with Crippen molar-refractivity contribution in [1.29, 1.82) is 0 Å². The first-order valence-corrected chi connectivity index (χ1v) is 5.28. The molecule has 0 spiro atoms. The van der Waals surface area contributed by atoms with Gasteiger partial charge >= 0.3 is 0 Å². The Bertz CT molecular complexity index is 475. The molecular weight excluding hydrogens is 208 g/mol. The third-order valence-electron chi connectivity index (χ3n) is 1.93. The summed E-state index contributed by atoms with van der Waals surface area (Å²) in [4.78, 5) is 12.2. The van der Waals surface area contributed by atoms with Crippen LogP contribution >= 0.6 is 11.3 Å². The predicted molar refractivity (Wildman–Crippen MR) is 62.0 cm³/mol. The Morgan fingerprint density at radius 3 is 2.80 bits per heavy atom. The van der Waals surface area contributed by atoms with Gasteiger partial charge in [0.15, 0.2) is 0 Å². The average molecular weight is 218 g/mol. The fourth-order valence-electron chi connectivity index (χ4n) is 1.13. The minimum Gasteiger partial charge on any atom is -0.382 e. The second-order valence-corrected chi connectivity index (χ2v) is 3.74. The molecule has 5 heteroatoms. The Morgan fingerprint density at radius 1 is 1.40 bits per heavy atom. The van der Waals surface area contributed by atoms with Crippen LogP contribution < -0.4 is 5.73 Å². The van der Waals surface area contributed by atoms with Crippen LogP contribution in [0.15, 0.2) is 34.9 Å². The molecule has 2 aromatic heterocycles. The zero-order valence-electron chi connectivity index (χ0n) is 8.21. The number of pyridine rings is 1. The minimum absolute atomic E-state index is 0.464. The second-order valence-electron chi connectivity index (χ2n) is 2.88. The molecule has 0 unspecified atom stereocenters. The molecule has 2 aromatic rings. The highest BCUT2D eigenvalue weighted by molar-refractivity contribution is 7.13. The van der Waals surface area contributed by atoms with Crippen LogP contribution in [0.3, 0.4) is 0 Å². The molecule has 76 valence electrons. The highest BCUT2D eigenvalue weighted by Crippen LogP contribution is 2.22. The van der Waals surface area contributed by atoms with E-state index in [9.17, 15) is 0 Å². The molecule has 0 aliphatic heterocycles. The number of hydrogen-bond acceptors (Lipinski definition) is 4. The van der Waals surface area contributed by atoms with Gasteiger partial charge in [-0.1, -0.05) is 0 Å². The van der Waals surface area contributed by atoms with E-state index in [-0.39, 0.29) is 0 Å². The monoisotopic (exact) mass is 218 g/mol. The lowest BCUT2D eigenvalue weighted by atomic mass is 10.3. The summed E-state index contributed by atoms with van der Waals surface area (Å²) in [6.07, 6.45) is 3.49. The molecule has 0 aromatic carbocycles. The minimum atomic E-state index is 0.464. The van der Waals surface area contributed by atoms with Crippen LogP contribution in [0.5, 0.6) is 0 Å². The first-order valence-electron chi connectivity index (χ1n) is 4.40. The number of hydrogen-bond donors (Lipinski definition) is 1. The van der Waals surface area contributed by atoms with Gasteiger partial charge in [-0.05, 0) is 12.1 Å².